The van der Waals surface area contributed by atoms with E-state index in [1.807, 2.05) is 0 Å². The van der Waals surface area contributed by atoms with Gasteiger partial charge in [0, 0.05) is 18.5 Å². The molecule has 0 aromatic heterocycles. The van der Waals surface area contributed by atoms with Crippen molar-refractivity contribution in [1.82, 2.24) is 10.6 Å². The Bertz CT molecular complexity index is 535. The number of hydrogen-bond donors (Lipinski definition) is 3. The first-order chi connectivity index (χ1) is 9.74. The highest BCUT2D eigenvalue weighted by Crippen LogP contribution is 2.27. The lowest BCUT2D eigenvalue weighted by molar-refractivity contribution is -0.137. The van der Waals surface area contributed by atoms with E-state index in [1.54, 1.807) is 26.0 Å². The molecule has 0 unspecified atom stereocenters. The van der Waals surface area contributed by atoms with Gasteiger partial charge in [0.2, 0.25) is 0 Å². The molecule has 1 rings (SSSR count). The molecule has 0 radical (unpaired) electrons. The number of carboxylic acids is 1. The predicted octanol–water partition coefficient (Wildman–Crippen LogP) is 2.88. The zero-order chi connectivity index (χ0) is 16.0. The van der Waals surface area contributed by atoms with Gasteiger partial charge in [0.25, 0.3) is 0 Å². The van der Waals surface area contributed by atoms with Crippen LogP contribution >= 0.6 is 11.6 Å². The molecule has 0 aliphatic carbocycles. The summed E-state index contributed by atoms with van der Waals surface area (Å²) in [5, 5.41) is 13.6. The van der Waals surface area contributed by atoms with Crippen LogP contribution in [0.2, 0.25) is 5.02 Å². The van der Waals surface area contributed by atoms with Crippen LogP contribution in [0.5, 0.6) is 0 Å². The van der Waals surface area contributed by atoms with Gasteiger partial charge in [-0.3, -0.25) is 4.79 Å². The molecule has 0 heterocycles. The largest absolute Gasteiger partial charge is 0.481 e. The van der Waals surface area contributed by atoms with Gasteiger partial charge < -0.3 is 15.7 Å². The molecule has 1 aromatic rings. The normalized spacial score (nSPS) is 11.0. The van der Waals surface area contributed by atoms with E-state index in [-0.39, 0.29) is 23.6 Å². The van der Waals surface area contributed by atoms with E-state index < -0.39 is 23.4 Å². The molecule has 21 heavy (non-hydrogen) atoms. The van der Waals surface area contributed by atoms with E-state index in [9.17, 15) is 14.0 Å². The lowest BCUT2D eigenvalue weighted by atomic mass is 9.94. The Kier molecular flexibility index (Phi) is 5.96. The van der Waals surface area contributed by atoms with Crippen molar-refractivity contribution in [3.63, 3.8) is 0 Å². The van der Waals surface area contributed by atoms with E-state index in [1.165, 1.54) is 6.07 Å². The Morgan fingerprint density at radius 3 is 2.67 bits per heavy atom. The van der Waals surface area contributed by atoms with E-state index in [2.05, 4.69) is 10.6 Å². The number of halogens is 2. The fourth-order valence-corrected chi connectivity index (χ4v) is 2.00. The summed E-state index contributed by atoms with van der Waals surface area (Å²) in [6, 6.07) is 4.09. The summed E-state index contributed by atoms with van der Waals surface area (Å²) in [6.45, 7) is 3.53. The van der Waals surface area contributed by atoms with E-state index >= 15 is 0 Å². The average Bonchev–Trinajstić information content (AvgIpc) is 2.37. The monoisotopic (exact) mass is 316 g/mol. The molecule has 0 spiro atoms. The van der Waals surface area contributed by atoms with E-state index in [0.29, 0.717) is 6.42 Å². The minimum atomic E-state index is -0.953. The molecule has 0 fully saturated rings. The third-order valence-corrected chi connectivity index (χ3v) is 3.20. The molecule has 0 bridgehead atoms. The van der Waals surface area contributed by atoms with Gasteiger partial charge in [0.1, 0.15) is 5.82 Å². The number of rotatable bonds is 6. The average molecular weight is 317 g/mol. The van der Waals surface area contributed by atoms with Gasteiger partial charge in [0.05, 0.1) is 10.6 Å². The molecule has 1 aromatic carbocycles. The molecule has 7 heteroatoms. The third kappa shape index (κ3) is 5.23. The summed E-state index contributed by atoms with van der Waals surface area (Å²) in [7, 11) is 0. The second kappa shape index (κ2) is 7.26. The summed E-state index contributed by atoms with van der Waals surface area (Å²) >= 11 is 5.73. The van der Waals surface area contributed by atoms with Crippen molar-refractivity contribution in [3.8, 4) is 0 Å². The van der Waals surface area contributed by atoms with Crippen molar-refractivity contribution < 1.29 is 19.1 Å². The Hall–Kier alpha value is -1.82. The first-order valence-corrected chi connectivity index (χ1v) is 6.84. The minimum Gasteiger partial charge on any atom is -0.481 e. The fraction of sp³-hybridized carbons (Fsp3) is 0.429. The number of nitrogens with one attached hydrogen (secondary N) is 2. The van der Waals surface area contributed by atoms with Gasteiger partial charge in [-0.1, -0.05) is 23.7 Å². The van der Waals surface area contributed by atoms with Crippen molar-refractivity contribution >= 4 is 23.6 Å². The summed E-state index contributed by atoms with van der Waals surface area (Å²) < 4.78 is 14.0. The van der Waals surface area contributed by atoms with Gasteiger partial charge in [-0.25, -0.2) is 9.18 Å². The highest BCUT2D eigenvalue weighted by molar-refractivity contribution is 6.30. The maximum Gasteiger partial charge on any atom is 0.315 e. The summed E-state index contributed by atoms with van der Waals surface area (Å²) in [5.41, 5.74) is -0.679. The first kappa shape index (κ1) is 17.2. The highest BCUT2D eigenvalue weighted by atomic mass is 35.5. The zero-order valence-electron chi connectivity index (χ0n) is 11.9. The molecule has 116 valence electrons. The van der Waals surface area contributed by atoms with Crippen LogP contribution in [-0.4, -0.2) is 23.7 Å². The van der Waals surface area contributed by atoms with Crippen LogP contribution in [0.25, 0.3) is 0 Å². The predicted molar refractivity (Wildman–Crippen MR) is 77.8 cm³/mol. The molecule has 3 N–H and O–H groups in total. The second-order valence-electron chi connectivity index (χ2n) is 5.10. The molecule has 2 amide bonds. The van der Waals surface area contributed by atoms with Crippen LogP contribution < -0.4 is 10.6 Å². The van der Waals surface area contributed by atoms with Crippen LogP contribution in [-0.2, 0) is 10.3 Å². The minimum absolute atomic E-state index is 0.00996. The standard InChI is InChI=1S/C14H18ClFN2O3/c1-14(2,9-5-3-6-10(15)12(9)16)18-13(21)17-8-4-7-11(19)20/h3,5-6H,4,7-8H2,1-2H3,(H,19,20)(H2,17,18,21). The lowest BCUT2D eigenvalue weighted by Crippen LogP contribution is -2.47. The van der Waals surface area contributed by atoms with Gasteiger partial charge in [0.15, 0.2) is 0 Å². The van der Waals surface area contributed by atoms with Gasteiger partial charge in [-0.05, 0) is 26.3 Å². The number of benzene rings is 1. The van der Waals surface area contributed by atoms with Crippen LogP contribution in [0, 0.1) is 5.82 Å². The maximum atomic E-state index is 14.0. The van der Waals surface area contributed by atoms with E-state index in [4.69, 9.17) is 16.7 Å². The molecular formula is C14H18ClFN2O3. The lowest BCUT2D eigenvalue weighted by Gasteiger charge is -2.27. The molecule has 0 atom stereocenters. The van der Waals surface area contributed by atoms with Crippen molar-refractivity contribution in [1.29, 1.82) is 0 Å². The van der Waals surface area contributed by atoms with Gasteiger partial charge >= 0.3 is 12.0 Å². The SMILES string of the molecule is CC(C)(NC(=O)NCCCC(=O)O)c1cccc(Cl)c1F. The molecule has 0 saturated heterocycles. The van der Waals surface area contributed by atoms with Crippen LogP contribution in [0.15, 0.2) is 18.2 Å². The van der Waals surface area contributed by atoms with Crippen LogP contribution in [0.1, 0.15) is 32.3 Å². The Labute approximate surface area is 127 Å². The van der Waals surface area contributed by atoms with Crippen LogP contribution in [0.3, 0.4) is 0 Å². The number of hydrogen-bond acceptors (Lipinski definition) is 2. The van der Waals surface area contributed by atoms with Gasteiger partial charge in [-0.15, -0.1) is 0 Å². The summed E-state index contributed by atoms with van der Waals surface area (Å²) in [4.78, 5) is 22.1. The quantitative estimate of drug-likeness (QED) is 0.706. The summed E-state index contributed by atoms with van der Waals surface area (Å²) in [5.74, 6) is -1.49. The third-order valence-electron chi connectivity index (χ3n) is 2.90. The Morgan fingerprint density at radius 1 is 1.38 bits per heavy atom. The fourth-order valence-electron chi connectivity index (χ4n) is 1.82. The molecule has 0 aliphatic heterocycles. The number of urea groups is 1. The number of carbonyl (C=O) groups is 2. The number of aliphatic carboxylic acids is 1. The summed E-state index contributed by atoms with van der Waals surface area (Å²) in [6.07, 6.45) is 0.307. The first-order valence-electron chi connectivity index (χ1n) is 6.46. The molecule has 0 aliphatic rings. The van der Waals surface area contributed by atoms with E-state index in [0.717, 1.165) is 0 Å². The molecular weight excluding hydrogens is 299 g/mol. The zero-order valence-corrected chi connectivity index (χ0v) is 12.6. The smallest absolute Gasteiger partial charge is 0.315 e. The van der Waals surface area contributed by atoms with Crippen LogP contribution in [0.4, 0.5) is 9.18 Å². The maximum absolute atomic E-state index is 14.0. The highest BCUT2D eigenvalue weighted by Gasteiger charge is 2.26. The Balaban J connectivity index is 2.61. The molecule has 0 saturated carbocycles. The van der Waals surface area contributed by atoms with Crippen molar-refractivity contribution in [2.75, 3.05) is 6.54 Å². The van der Waals surface area contributed by atoms with Crippen molar-refractivity contribution in [2.45, 2.75) is 32.2 Å². The number of carbonyl (C=O) groups excluding carboxylic acids is 1. The Morgan fingerprint density at radius 2 is 2.05 bits per heavy atom. The number of amides is 2. The molecule has 5 nitrogen and oxygen atoms in total. The van der Waals surface area contributed by atoms with Crippen molar-refractivity contribution in [3.05, 3.63) is 34.6 Å². The second-order valence-corrected chi connectivity index (χ2v) is 5.51. The number of carboxylic acid groups (broad SMARTS) is 1. The van der Waals surface area contributed by atoms with Crippen molar-refractivity contribution in [2.24, 2.45) is 0 Å². The van der Waals surface area contributed by atoms with Gasteiger partial charge in [-0.2, -0.15) is 0 Å². The topological polar surface area (TPSA) is 78.4 Å².